The predicted octanol–water partition coefficient (Wildman–Crippen LogP) is 1.60. The van der Waals surface area contributed by atoms with Crippen molar-refractivity contribution in [3.63, 3.8) is 0 Å². The number of nitrogens with zero attached hydrogens (tertiary/aromatic N) is 2. The third-order valence-corrected chi connectivity index (χ3v) is 3.93. The SMILES string of the molecule is Cc1noc(C)c1CCC(=O)N1CCCCC1CO. The van der Waals surface area contributed by atoms with Crippen molar-refractivity contribution >= 4 is 5.91 Å². The van der Waals surface area contributed by atoms with E-state index in [0.29, 0.717) is 12.8 Å². The van der Waals surface area contributed by atoms with E-state index < -0.39 is 0 Å². The highest BCUT2D eigenvalue weighted by molar-refractivity contribution is 5.77. The Bertz CT molecular complexity index is 422. The topological polar surface area (TPSA) is 66.6 Å². The van der Waals surface area contributed by atoms with Crippen LogP contribution in [0.2, 0.25) is 0 Å². The maximum absolute atomic E-state index is 12.2. The number of aromatic nitrogens is 1. The van der Waals surface area contributed by atoms with Crippen LogP contribution in [0, 0.1) is 13.8 Å². The molecule has 0 bridgehead atoms. The van der Waals surface area contributed by atoms with Gasteiger partial charge in [-0.05, 0) is 39.5 Å². The molecule has 0 spiro atoms. The maximum atomic E-state index is 12.2. The summed E-state index contributed by atoms with van der Waals surface area (Å²) in [5.74, 6) is 0.918. The van der Waals surface area contributed by atoms with Gasteiger partial charge in [0.1, 0.15) is 5.76 Å². The van der Waals surface area contributed by atoms with Gasteiger partial charge < -0.3 is 14.5 Å². The fourth-order valence-electron chi connectivity index (χ4n) is 2.75. The first-order valence-electron chi connectivity index (χ1n) is 6.95. The van der Waals surface area contributed by atoms with E-state index in [1.54, 1.807) is 0 Å². The second kappa shape index (κ2) is 6.19. The first kappa shape index (κ1) is 14.1. The summed E-state index contributed by atoms with van der Waals surface area (Å²) < 4.78 is 5.10. The van der Waals surface area contributed by atoms with Gasteiger partial charge in [0.25, 0.3) is 0 Å². The lowest BCUT2D eigenvalue weighted by Gasteiger charge is -2.34. The Balaban J connectivity index is 1.93. The van der Waals surface area contributed by atoms with Gasteiger partial charge in [-0.25, -0.2) is 0 Å². The third-order valence-electron chi connectivity index (χ3n) is 3.93. The molecule has 2 rings (SSSR count). The molecule has 1 aromatic heterocycles. The molecule has 1 unspecified atom stereocenters. The summed E-state index contributed by atoms with van der Waals surface area (Å²) in [5, 5.41) is 13.2. The second-order valence-electron chi connectivity index (χ2n) is 5.22. The standard InChI is InChI=1S/C14H22N2O3/c1-10-13(11(2)19-15-10)6-7-14(18)16-8-4-3-5-12(16)9-17/h12,17H,3-9H2,1-2H3. The smallest absolute Gasteiger partial charge is 0.223 e. The zero-order valence-corrected chi connectivity index (χ0v) is 11.7. The number of aryl methyl sites for hydroxylation is 2. The average Bonchev–Trinajstić information content (AvgIpc) is 2.75. The predicted molar refractivity (Wildman–Crippen MR) is 70.7 cm³/mol. The number of carbonyl (C=O) groups excluding carboxylic acids is 1. The van der Waals surface area contributed by atoms with Gasteiger partial charge in [-0.2, -0.15) is 0 Å². The van der Waals surface area contributed by atoms with E-state index in [-0.39, 0.29) is 18.6 Å². The van der Waals surface area contributed by atoms with Gasteiger partial charge in [-0.1, -0.05) is 5.16 Å². The van der Waals surface area contributed by atoms with Gasteiger partial charge in [0.05, 0.1) is 18.3 Å². The molecule has 0 aliphatic carbocycles. The number of hydrogen-bond donors (Lipinski definition) is 1. The van der Waals surface area contributed by atoms with Gasteiger partial charge in [-0.3, -0.25) is 4.79 Å². The van der Waals surface area contributed by atoms with E-state index in [1.807, 2.05) is 18.7 Å². The molecule has 1 aliphatic heterocycles. The Morgan fingerprint density at radius 2 is 2.26 bits per heavy atom. The summed E-state index contributed by atoms with van der Waals surface area (Å²) in [6, 6.07) is 0.00548. The summed E-state index contributed by atoms with van der Waals surface area (Å²) in [7, 11) is 0. The molecule has 1 aliphatic rings. The summed E-state index contributed by atoms with van der Waals surface area (Å²) >= 11 is 0. The van der Waals surface area contributed by atoms with Crippen LogP contribution in [0.4, 0.5) is 0 Å². The number of piperidine rings is 1. The molecule has 5 nitrogen and oxygen atoms in total. The number of rotatable bonds is 4. The molecule has 0 aromatic carbocycles. The number of amides is 1. The van der Waals surface area contributed by atoms with Crippen LogP contribution >= 0.6 is 0 Å². The molecule has 19 heavy (non-hydrogen) atoms. The zero-order chi connectivity index (χ0) is 13.8. The van der Waals surface area contributed by atoms with E-state index in [2.05, 4.69) is 5.16 Å². The van der Waals surface area contributed by atoms with Crippen molar-refractivity contribution in [3.05, 3.63) is 17.0 Å². The zero-order valence-electron chi connectivity index (χ0n) is 11.7. The number of aliphatic hydroxyl groups excluding tert-OH is 1. The minimum absolute atomic E-state index is 0.00548. The van der Waals surface area contributed by atoms with Crippen LogP contribution in [0.25, 0.3) is 0 Å². The maximum Gasteiger partial charge on any atom is 0.223 e. The summed E-state index contributed by atoms with van der Waals surface area (Å²) in [6.45, 7) is 4.60. The lowest BCUT2D eigenvalue weighted by molar-refractivity contribution is -0.135. The molecule has 2 heterocycles. The molecular weight excluding hydrogens is 244 g/mol. The lowest BCUT2D eigenvalue weighted by atomic mass is 10.0. The second-order valence-corrected chi connectivity index (χ2v) is 5.22. The van der Waals surface area contributed by atoms with Crippen molar-refractivity contribution in [1.82, 2.24) is 10.1 Å². The van der Waals surface area contributed by atoms with Crippen molar-refractivity contribution < 1.29 is 14.4 Å². The quantitative estimate of drug-likeness (QED) is 0.899. The minimum atomic E-state index is 0.00548. The lowest BCUT2D eigenvalue weighted by Crippen LogP contribution is -2.45. The molecular formula is C14H22N2O3. The number of likely N-dealkylation sites (tertiary alicyclic amines) is 1. The monoisotopic (exact) mass is 266 g/mol. The van der Waals surface area contributed by atoms with E-state index in [0.717, 1.165) is 42.8 Å². The molecule has 1 saturated heterocycles. The summed E-state index contributed by atoms with van der Waals surface area (Å²) in [4.78, 5) is 14.1. The van der Waals surface area contributed by atoms with E-state index >= 15 is 0 Å². The first-order valence-corrected chi connectivity index (χ1v) is 6.95. The fraction of sp³-hybridized carbons (Fsp3) is 0.714. The molecule has 5 heteroatoms. The summed E-state index contributed by atoms with van der Waals surface area (Å²) in [6.07, 6.45) is 4.16. The largest absolute Gasteiger partial charge is 0.394 e. The molecule has 0 radical (unpaired) electrons. The van der Waals surface area contributed by atoms with E-state index in [9.17, 15) is 9.90 Å². The van der Waals surface area contributed by atoms with Crippen molar-refractivity contribution in [3.8, 4) is 0 Å². The van der Waals surface area contributed by atoms with Crippen LogP contribution in [0.1, 0.15) is 42.7 Å². The van der Waals surface area contributed by atoms with Gasteiger partial charge in [-0.15, -0.1) is 0 Å². The van der Waals surface area contributed by atoms with Crippen LogP contribution in [0.15, 0.2) is 4.52 Å². The normalized spacial score (nSPS) is 19.7. The molecule has 106 valence electrons. The minimum Gasteiger partial charge on any atom is -0.394 e. The van der Waals surface area contributed by atoms with Crippen LogP contribution < -0.4 is 0 Å². The van der Waals surface area contributed by atoms with Gasteiger partial charge in [0.15, 0.2) is 0 Å². The molecule has 1 amide bonds. The van der Waals surface area contributed by atoms with Crippen LogP contribution in [0.5, 0.6) is 0 Å². The van der Waals surface area contributed by atoms with Crippen molar-refractivity contribution in [1.29, 1.82) is 0 Å². The Kier molecular flexibility index (Phi) is 4.58. The van der Waals surface area contributed by atoms with Crippen LogP contribution in [0.3, 0.4) is 0 Å². The highest BCUT2D eigenvalue weighted by Crippen LogP contribution is 2.20. The molecule has 1 atom stereocenters. The molecule has 1 aromatic rings. The average molecular weight is 266 g/mol. The number of carbonyl (C=O) groups is 1. The Labute approximate surface area is 113 Å². The first-order chi connectivity index (χ1) is 9.13. The van der Waals surface area contributed by atoms with E-state index in [4.69, 9.17) is 4.52 Å². The van der Waals surface area contributed by atoms with Crippen molar-refractivity contribution in [2.75, 3.05) is 13.2 Å². The van der Waals surface area contributed by atoms with Crippen LogP contribution in [-0.4, -0.2) is 40.3 Å². The van der Waals surface area contributed by atoms with E-state index in [1.165, 1.54) is 0 Å². The van der Waals surface area contributed by atoms with Crippen molar-refractivity contribution in [2.45, 2.75) is 52.0 Å². The molecule has 1 fully saturated rings. The Hall–Kier alpha value is -1.36. The van der Waals surface area contributed by atoms with Gasteiger partial charge in [0, 0.05) is 18.5 Å². The molecule has 1 N–H and O–H groups in total. The number of aliphatic hydroxyl groups is 1. The highest BCUT2D eigenvalue weighted by Gasteiger charge is 2.26. The Morgan fingerprint density at radius 3 is 2.89 bits per heavy atom. The molecule has 0 saturated carbocycles. The van der Waals surface area contributed by atoms with Gasteiger partial charge >= 0.3 is 0 Å². The van der Waals surface area contributed by atoms with Gasteiger partial charge in [0.2, 0.25) is 5.91 Å². The van der Waals surface area contributed by atoms with Crippen LogP contribution in [-0.2, 0) is 11.2 Å². The Morgan fingerprint density at radius 1 is 1.47 bits per heavy atom. The number of hydrogen-bond acceptors (Lipinski definition) is 4. The fourth-order valence-corrected chi connectivity index (χ4v) is 2.75. The van der Waals surface area contributed by atoms with Crippen molar-refractivity contribution in [2.24, 2.45) is 0 Å². The third kappa shape index (κ3) is 3.15. The summed E-state index contributed by atoms with van der Waals surface area (Å²) in [5.41, 5.74) is 1.90. The highest BCUT2D eigenvalue weighted by atomic mass is 16.5.